The topological polar surface area (TPSA) is 75.2 Å². The number of hydrogen-bond donors (Lipinski definition) is 1. The van der Waals surface area contributed by atoms with Crippen LogP contribution < -0.4 is 10.2 Å². The molecule has 0 bridgehead atoms. The van der Waals surface area contributed by atoms with E-state index in [1.54, 1.807) is 35.5 Å². The number of carbonyl (C=O) groups excluding carboxylic acids is 2. The first-order valence-electron chi connectivity index (χ1n) is 10.6. The van der Waals surface area contributed by atoms with Gasteiger partial charge in [0.1, 0.15) is 5.82 Å². The number of fused-ring (bicyclic) bond motifs is 1. The molecule has 6 nitrogen and oxygen atoms in total. The summed E-state index contributed by atoms with van der Waals surface area (Å²) in [4.78, 5) is 36.1. The molecule has 3 aromatic rings. The summed E-state index contributed by atoms with van der Waals surface area (Å²) in [7, 11) is 0. The third-order valence-electron chi connectivity index (χ3n) is 5.50. The van der Waals surface area contributed by atoms with Gasteiger partial charge in [-0.05, 0) is 48.1 Å². The molecule has 0 aliphatic carbocycles. The molecular formula is C25H26N4O2. The zero-order valence-electron chi connectivity index (χ0n) is 17.8. The van der Waals surface area contributed by atoms with Gasteiger partial charge in [0.25, 0.3) is 5.91 Å². The van der Waals surface area contributed by atoms with Crippen molar-refractivity contribution in [1.29, 1.82) is 0 Å². The fraction of sp³-hybridized carbons (Fsp3) is 0.280. The summed E-state index contributed by atoms with van der Waals surface area (Å²) in [5.74, 6) is 0.655. The Morgan fingerprint density at radius 3 is 2.61 bits per heavy atom. The van der Waals surface area contributed by atoms with E-state index in [0.29, 0.717) is 30.3 Å². The van der Waals surface area contributed by atoms with Crippen molar-refractivity contribution in [2.45, 2.75) is 39.0 Å². The van der Waals surface area contributed by atoms with Gasteiger partial charge in [0.05, 0.1) is 23.4 Å². The Labute approximate surface area is 182 Å². The van der Waals surface area contributed by atoms with Gasteiger partial charge < -0.3 is 10.2 Å². The number of carbonyl (C=O) groups is 2. The van der Waals surface area contributed by atoms with Gasteiger partial charge in [-0.1, -0.05) is 44.2 Å². The summed E-state index contributed by atoms with van der Waals surface area (Å²) >= 11 is 0. The molecule has 0 saturated carbocycles. The van der Waals surface area contributed by atoms with Crippen LogP contribution in [-0.2, 0) is 17.6 Å². The van der Waals surface area contributed by atoms with Crippen LogP contribution in [-0.4, -0.2) is 28.3 Å². The lowest BCUT2D eigenvalue weighted by Crippen LogP contribution is -2.37. The maximum absolute atomic E-state index is 13.1. The molecule has 0 fully saturated rings. The molecule has 6 heteroatoms. The highest BCUT2D eigenvalue weighted by Gasteiger charge is 2.25. The average molecular weight is 415 g/mol. The first-order valence-corrected chi connectivity index (χ1v) is 10.6. The van der Waals surface area contributed by atoms with Crippen molar-refractivity contribution < 1.29 is 9.59 Å². The van der Waals surface area contributed by atoms with Crippen LogP contribution >= 0.6 is 0 Å². The summed E-state index contributed by atoms with van der Waals surface area (Å²) < 4.78 is 0. The van der Waals surface area contributed by atoms with Crippen LogP contribution in [0.1, 0.15) is 53.4 Å². The van der Waals surface area contributed by atoms with Crippen LogP contribution in [0.2, 0.25) is 0 Å². The standard InChI is InChI=1S/C25H26N4O2/c1-17(2)19-10-8-18(9-11-19)14-24(30)29-13-5-6-21-22(29)15-20(16-27-21)25(31)28-23-7-3-4-12-26-23/h3-4,7-12,15-17H,5-6,13-14H2,1-2H3,(H,26,28,31). The minimum absolute atomic E-state index is 0.0160. The summed E-state index contributed by atoms with van der Waals surface area (Å²) in [6.07, 6.45) is 5.16. The molecule has 31 heavy (non-hydrogen) atoms. The zero-order valence-corrected chi connectivity index (χ0v) is 17.8. The maximum atomic E-state index is 13.1. The van der Waals surface area contributed by atoms with Crippen LogP contribution in [0.5, 0.6) is 0 Å². The first kappa shape index (κ1) is 20.7. The minimum Gasteiger partial charge on any atom is -0.310 e. The Morgan fingerprint density at radius 1 is 1.10 bits per heavy atom. The van der Waals surface area contributed by atoms with Crippen molar-refractivity contribution in [3.63, 3.8) is 0 Å². The molecule has 0 atom stereocenters. The highest BCUT2D eigenvalue weighted by atomic mass is 16.2. The van der Waals surface area contributed by atoms with Gasteiger partial charge in [-0.25, -0.2) is 4.98 Å². The third-order valence-corrected chi connectivity index (χ3v) is 5.50. The van der Waals surface area contributed by atoms with E-state index < -0.39 is 0 Å². The molecule has 2 aromatic heterocycles. The van der Waals surface area contributed by atoms with E-state index in [9.17, 15) is 9.59 Å². The fourth-order valence-corrected chi connectivity index (χ4v) is 3.73. The Balaban J connectivity index is 1.52. The molecule has 0 unspecified atom stereocenters. The molecule has 158 valence electrons. The Bertz CT molecular complexity index is 1080. The maximum Gasteiger partial charge on any atom is 0.258 e. The number of anilines is 2. The molecule has 4 rings (SSSR count). The van der Waals surface area contributed by atoms with E-state index in [-0.39, 0.29) is 11.8 Å². The average Bonchev–Trinajstić information content (AvgIpc) is 2.79. The molecule has 2 amide bonds. The van der Waals surface area contributed by atoms with Gasteiger partial charge in [-0.3, -0.25) is 14.6 Å². The lowest BCUT2D eigenvalue weighted by atomic mass is 10.00. The molecule has 0 radical (unpaired) electrons. The second kappa shape index (κ2) is 9.08. The van der Waals surface area contributed by atoms with Gasteiger partial charge in [-0.15, -0.1) is 0 Å². The SMILES string of the molecule is CC(C)c1ccc(CC(=O)N2CCCc3ncc(C(=O)Nc4ccccn4)cc32)cc1. The Hall–Kier alpha value is -3.54. The molecule has 0 saturated heterocycles. The van der Waals surface area contributed by atoms with Gasteiger partial charge in [0, 0.05) is 18.9 Å². The number of pyridine rings is 2. The number of nitrogens with one attached hydrogen (secondary N) is 1. The van der Waals surface area contributed by atoms with Crippen molar-refractivity contribution in [2.75, 3.05) is 16.8 Å². The molecule has 1 aliphatic heterocycles. The van der Waals surface area contributed by atoms with Crippen molar-refractivity contribution in [2.24, 2.45) is 0 Å². The number of rotatable bonds is 5. The van der Waals surface area contributed by atoms with Crippen LogP contribution in [0, 0.1) is 0 Å². The van der Waals surface area contributed by atoms with E-state index in [0.717, 1.165) is 29.8 Å². The van der Waals surface area contributed by atoms with Gasteiger partial charge in [0.2, 0.25) is 5.91 Å². The van der Waals surface area contributed by atoms with Gasteiger partial charge >= 0.3 is 0 Å². The van der Waals surface area contributed by atoms with Crippen LogP contribution in [0.3, 0.4) is 0 Å². The molecule has 0 spiro atoms. The molecule has 1 aliphatic rings. The van der Waals surface area contributed by atoms with Crippen LogP contribution in [0.15, 0.2) is 60.9 Å². The predicted octanol–water partition coefficient (Wildman–Crippen LogP) is 4.37. The number of aromatic nitrogens is 2. The van der Waals surface area contributed by atoms with Crippen molar-refractivity contribution in [3.8, 4) is 0 Å². The monoisotopic (exact) mass is 414 g/mol. The van der Waals surface area contributed by atoms with Crippen molar-refractivity contribution >= 4 is 23.3 Å². The summed E-state index contributed by atoms with van der Waals surface area (Å²) in [5.41, 5.74) is 4.23. The van der Waals surface area contributed by atoms with E-state index in [2.05, 4.69) is 41.3 Å². The van der Waals surface area contributed by atoms with Gasteiger partial charge in [0.15, 0.2) is 0 Å². The second-order valence-corrected chi connectivity index (χ2v) is 8.08. The third kappa shape index (κ3) is 4.79. The molecular weight excluding hydrogens is 388 g/mol. The summed E-state index contributed by atoms with van der Waals surface area (Å²) in [5, 5.41) is 2.77. The first-order chi connectivity index (χ1) is 15.0. The Kier molecular flexibility index (Phi) is 6.07. The number of benzene rings is 1. The summed E-state index contributed by atoms with van der Waals surface area (Å²) in [6, 6.07) is 15.3. The summed E-state index contributed by atoms with van der Waals surface area (Å²) in [6.45, 7) is 4.93. The number of hydrogen-bond acceptors (Lipinski definition) is 4. The van der Waals surface area contributed by atoms with E-state index in [1.807, 2.05) is 18.2 Å². The second-order valence-electron chi connectivity index (χ2n) is 8.08. The Morgan fingerprint density at radius 2 is 1.90 bits per heavy atom. The van der Waals surface area contributed by atoms with Crippen LogP contribution in [0.4, 0.5) is 11.5 Å². The largest absolute Gasteiger partial charge is 0.310 e. The van der Waals surface area contributed by atoms with Crippen molar-refractivity contribution in [1.82, 2.24) is 9.97 Å². The molecule has 1 aromatic carbocycles. The smallest absolute Gasteiger partial charge is 0.258 e. The number of amides is 2. The zero-order chi connectivity index (χ0) is 21.8. The van der Waals surface area contributed by atoms with Crippen molar-refractivity contribution in [3.05, 3.63) is 83.3 Å². The quantitative estimate of drug-likeness (QED) is 0.673. The lowest BCUT2D eigenvalue weighted by molar-refractivity contribution is -0.118. The predicted molar refractivity (Wildman–Crippen MR) is 121 cm³/mol. The normalized spacial score (nSPS) is 13.1. The van der Waals surface area contributed by atoms with E-state index in [1.165, 1.54) is 5.56 Å². The van der Waals surface area contributed by atoms with E-state index >= 15 is 0 Å². The number of nitrogens with zero attached hydrogens (tertiary/aromatic N) is 3. The highest BCUT2D eigenvalue weighted by molar-refractivity contribution is 6.05. The lowest BCUT2D eigenvalue weighted by Gasteiger charge is -2.29. The van der Waals surface area contributed by atoms with E-state index in [4.69, 9.17) is 0 Å². The molecule has 3 heterocycles. The highest BCUT2D eigenvalue weighted by Crippen LogP contribution is 2.27. The minimum atomic E-state index is -0.295. The fourth-order valence-electron chi connectivity index (χ4n) is 3.73. The molecule has 1 N–H and O–H groups in total. The van der Waals surface area contributed by atoms with Gasteiger partial charge in [-0.2, -0.15) is 0 Å². The van der Waals surface area contributed by atoms with Crippen LogP contribution in [0.25, 0.3) is 0 Å². The number of aryl methyl sites for hydroxylation is 1.